The fourth-order valence-corrected chi connectivity index (χ4v) is 3.09. The third-order valence-electron chi connectivity index (χ3n) is 2.91. The van der Waals surface area contributed by atoms with Gasteiger partial charge in [-0.2, -0.15) is 0 Å². The minimum atomic E-state index is -3.34. The third-order valence-corrected chi connectivity index (χ3v) is 4.69. The van der Waals surface area contributed by atoms with Gasteiger partial charge in [0.2, 0.25) is 9.84 Å². The van der Waals surface area contributed by atoms with Crippen molar-refractivity contribution in [1.82, 2.24) is 0 Å². The maximum absolute atomic E-state index is 12.0. The van der Waals surface area contributed by atoms with Gasteiger partial charge in [-0.15, -0.1) is 0 Å². The number of hydrogen-bond donors (Lipinski definition) is 1. The van der Waals surface area contributed by atoms with E-state index in [0.717, 1.165) is 5.69 Å². The topological polar surface area (TPSA) is 60.2 Å². The zero-order valence-electron chi connectivity index (χ0n) is 12.0. The third kappa shape index (κ3) is 4.20. The molecule has 0 aliphatic carbocycles. The Labute approximate surface area is 131 Å². The minimum absolute atomic E-state index is 0.330. The van der Waals surface area contributed by atoms with E-state index in [-0.39, 0.29) is 0 Å². The standard InChI is InChI=1S/C12H10O2S.C6H7N/c13-15(14,11-7-3-1-4-8-11)12-9-5-2-6-10-12;7-6-4-2-1-3-5-6/h1-10H;1-5H,7H2. The van der Waals surface area contributed by atoms with Crippen molar-refractivity contribution in [3.05, 3.63) is 91.0 Å². The van der Waals surface area contributed by atoms with E-state index in [1.165, 1.54) is 0 Å². The van der Waals surface area contributed by atoms with E-state index in [0.29, 0.717) is 9.79 Å². The molecular formula is C18H17NO2S. The van der Waals surface area contributed by atoms with Crippen molar-refractivity contribution in [2.24, 2.45) is 0 Å². The first-order valence-electron chi connectivity index (χ1n) is 6.76. The van der Waals surface area contributed by atoms with Crippen molar-refractivity contribution in [2.45, 2.75) is 9.79 Å². The van der Waals surface area contributed by atoms with E-state index in [1.807, 2.05) is 30.3 Å². The van der Waals surface area contributed by atoms with Crippen LogP contribution in [0.4, 0.5) is 5.69 Å². The lowest BCUT2D eigenvalue weighted by Crippen LogP contribution is -2.00. The molecule has 3 aromatic rings. The molecule has 0 saturated heterocycles. The molecule has 0 aromatic heterocycles. The van der Waals surface area contributed by atoms with Crippen LogP contribution in [0.1, 0.15) is 0 Å². The van der Waals surface area contributed by atoms with Crippen LogP contribution in [0.2, 0.25) is 0 Å². The SMILES string of the molecule is Nc1ccccc1.O=S(=O)(c1ccccc1)c1ccccc1. The monoisotopic (exact) mass is 311 g/mol. The van der Waals surface area contributed by atoms with Gasteiger partial charge in [0.15, 0.2) is 0 Å². The summed E-state index contributed by atoms with van der Waals surface area (Å²) in [7, 11) is -3.34. The molecular weight excluding hydrogens is 294 g/mol. The summed E-state index contributed by atoms with van der Waals surface area (Å²) in [6.07, 6.45) is 0. The van der Waals surface area contributed by atoms with Crippen LogP contribution in [0.15, 0.2) is 101 Å². The molecule has 0 fully saturated rings. The fraction of sp³-hybridized carbons (Fsp3) is 0. The largest absolute Gasteiger partial charge is 0.399 e. The normalized spacial score (nSPS) is 10.4. The van der Waals surface area contributed by atoms with Gasteiger partial charge < -0.3 is 5.73 Å². The molecule has 0 aliphatic heterocycles. The smallest absolute Gasteiger partial charge is 0.206 e. The van der Waals surface area contributed by atoms with Crippen LogP contribution < -0.4 is 5.73 Å². The number of para-hydroxylation sites is 1. The van der Waals surface area contributed by atoms with E-state index < -0.39 is 9.84 Å². The zero-order chi connectivity index (χ0) is 15.8. The molecule has 0 atom stereocenters. The highest BCUT2D eigenvalue weighted by molar-refractivity contribution is 7.91. The van der Waals surface area contributed by atoms with Crippen molar-refractivity contribution >= 4 is 15.5 Å². The Morgan fingerprint density at radius 2 is 0.864 bits per heavy atom. The summed E-state index contributed by atoms with van der Waals surface area (Å²) in [6.45, 7) is 0. The molecule has 2 N–H and O–H groups in total. The van der Waals surface area contributed by atoms with Gasteiger partial charge in [-0.3, -0.25) is 0 Å². The molecule has 4 heteroatoms. The van der Waals surface area contributed by atoms with Gasteiger partial charge in [0.05, 0.1) is 9.79 Å². The second kappa shape index (κ2) is 7.43. The average Bonchev–Trinajstić information content (AvgIpc) is 2.58. The van der Waals surface area contributed by atoms with Crippen molar-refractivity contribution in [3.63, 3.8) is 0 Å². The average molecular weight is 311 g/mol. The molecule has 0 bridgehead atoms. The Bertz CT molecular complexity index is 741. The molecule has 3 rings (SSSR count). The van der Waals surface area contributed by atoms with Gasteiger partial charge in [-0.1, -0.05) is 54.6 Å². The van der Waals surface area contributed by atoms with Gasteiger partial charge in [-0.25, -0.2) is 8.42 Å². The lowest BCUT2D eigenvalue weighted by atomic mass is 10.3. The van der Waals surface area contributed by atoms with Crippen LogP contribution in [0.3, 0.4) is 0 Å². The van der Waals surface area contributed by atoms with E-state index in [2.05, 4.69) is 0 Å². The summed E-state index contributed by atoms with van der Waals surface area (Å²) >= 11 is 0. The summed E-state index contributed by atoms with van der Waals surface area (Å²) in [5, 5.41) is 0. The highest BCUT2D eigenvalue weighted by atomic mass is 32.2. The number of anilines is 1. The van der Waals surface area contributed by atoms with E-state index >= 15 is 0 Å². The number of benzene rings is 3. The van der Waals surface area contributed by atoms with Crippen molar-refractivity contribution in [1.29, 1.82) is 0 Å². The second-order valence-corrected chi connectivity index (χ2v) is 6.49. The van der Waals surface area contributed by atoms with Crippen molar-refractivity contribution in [3.8, 4) is 0 Å². The number of rotatable bonds is 2. The summed E-state index contributed by atoms with van der Waals surface area (Å²) in [5.41, 5.74) is 6.18. The molecule has 0 heterocycles. The molecule has 112 valence electrons. The number of hydrogen-bond acceptors (Lipinski definition) is 3. The van der Waals surface area contributed by atoms with Gasteiger partial charge >= 0.3 is 0 Å². The fourth-order valence-electron chi connectivity index (χ4n) is 1.79. The van der Waals surface area contributed by atoms with E-state index in [4.69, 9.17) is 5.73 Å². The quantitative estimate of drug-likeness (QED) is 0.733. The predicted octanol–water partition coefficient (Wildman–Crippen LogP) is 3.79. The lowest BCUT2D eigenvalue weighted by molar-refractivity contribution is 0.596. The second-order valence-electron chi connectivity index (χ2n) is 4.54. The Kier molecular flexibility index (Phi) is 5.33. The van der Waals surface area contributed by atoms with Crippen LogP contribution in [-0.4, -0.2) is 8.42 Å². The van der Waals surface area contributed by atoms with Gasteiger partial charge in [0.1, 0.15) is 0 Å². The molecule has 3 nitrogen and oxygen atoms in total. The Balaban J connectivity index is 0.000000211. The van der Waals surface area contributed by atoms with Gasteiger partial charge in [0, 0.05) is 5.69 Å². The first kappa shape index (κ1) is 15.8. The zero-order valence-corrected chi connectivity index (χ0v) is 12.8. The summed E-state index contributed by atoms with van der Waals surface area (Å²) in [5.74, 6) is 0. The summed E-state index contributed by atoms with van der Waals surface area (Å²) < 4.78 is 24.1. The number of nitrogens with two attached hydrogens (primary N) is 1. The van der Waals surface area contributed by atoms with Crippen LogP contribution in [0, 0.1) is 0 Å². The Morgan fingerprint density at radius 1 is 0.545 bits per heavy atom. The number of sulfone groups is 1. The van der Waals surface area contributed by atoms with Gasteiger partial charge in [0.25, 0.3) is 0 Å². The van der Waals surface area contributed by atoms with Crippen molar-refractivity contribution in [2.75, 3.05) is 5.73 Å². The Hall–Kier alpha value is -2.59. The number of nitrogen functional groups attached to an aromatic ring is 1. The molecule has 22 heavy (non-hydrogen) atoms. The molecule has 0 radical (unpaired) electrons. The van der Waals surface area contributed by atoms with Gasteiger partial charge in [-0.05, 0) is 36.4 Å². The molecule has 3 aromatic carbocycles. The first-order chi connectivity index (χ1) is 10.6. The van der Waals surface area contributed by atoms with E-state index in [1.54, 1.807) is 60.7 Å². The first-order valence-corrected chi connectivity index (χ1v) is 8.25. The maximum Gasteiger partial charge on any atom is 0.206 e. The van der Waals surface area contributed by atoms with E-state index in [9.17, 15) is 8.42 Å². The Morgan fingerprint density at radius 3 is 1.14 bits per heavy atom. The molecule has 0 amide bonds. The van der Waals surface area contributed by atoms with Crippen LogP contribution in [0.25, 0.3) is 0 Å². The lowest BCUT2D eigenvalue weighted by Gasteiger charge is -2.03. The molecule has 0 spiro atoms. The predicted molar refractivity (Wildman–Crippen MR) is 89.2 cm³/mol. The maximum atomic E-state index is 12.0. The molecule has 0 saturated carbocycles. The van der Waals surface area contributed by atoms with Crippen LogP contribution >= 0.6 is 0 Å². The highest BCUT2D eigenvalue weighted by Crippen LogP contribution is 2.19. The van der Waals surface area contributed by atoms with Crippen LogP contribution in [0.5, 0.6) is 0 Å². The highest BCUT2D eigenvalue weighted by Gasteiger charge is 2.15. The summed E-state index contributed by atoms with van der Waals surface area (Å²) in [6, 6.07) is 26.3. The van der Waals surface area contributed by atoms with Crippen molar-refractivity contribution < 1.29 is 8.42 Å². The summed E-state index contributed by atoms with van der Waals surface area (Å²) in [4.78, 5) is 0.660. The minimum Gasteiger partial charge on any atom is -0.399 e. The van der Waals surface area contributed by atoms with Crippen LogP contribution in [-0.2, 0) is 9.84 Å². The molecule has 0 unspecified atom stereocenters. The molecule has 0 aliphatic rings.